The average molecular weight is 307 g/mol. The molecule has 3 N–H and O–H groups in total. The van der Waals surface area contributed by atoms with Crippen LogP contribution in [0.4, 0.5) is 10.1 Å². The third-order valence-corrected chi connectivity index (χ3v) is 3.78. The molecule has 0 saturated carbocycles. The van der Waals surface area contributed by atoms with Gasteiger partial charge in [0, 0.05) is 19.0 Å². The van der Waals surface area contributed by atoms with E-state index in [0.717, 1.165) is 19.5 Å². The van der Waals surface area contributed by atoms with Gasteiger partial charge in [-0.3, -0.25) is 9.59 Å². The second-order valence-electron chi connectivity index (χ2n) is 5.63. The van der Waals surface area contributed by atoms with Crippen molar-refractivity contribution in [3.8, 4) is 0 Å². The summed E-state index contributed by atoms with van der Waals surface area (Å²) in [4.78, 5) is 23.1. The van der Waals surface area contributed by atoms with Gasteiger partial charge in [0.25, 0.3) is 5.91 Å². The Morgan fingerprint density at radius 2 is 2.23 bits per heavy atom. The third-order valence-electron chi connectivity index (χ3n) is 3.78. The molecule has 1 atom stereocenters. The highest BCUT2D eigenvalue weighted by Gasteiger charge is 2.14. The summed E-state index contributed by atoms with van der Waals surface area (Å²) in [5, 5.41) is 8.56. The summed E-state index contributed by atoms with van der Waals surface area (Å²) < 4.78 is 13.5. The molecular formula is C16H22FN3O2. The molecule has 6 heteroatoms. The summed E-state index contributed by atoms with van der Waals surface area (Å²) in [5.41, 5.74) is 0.364. The van der Waals surface area contributed by atoms with Crippen molar-refractivity contribution in [1.82, 2.24) is 10.6 Å². The number of piperidine rings is 1. The minimum Gasteiger partial charge on any atom is -0.352 e. The van der Waals surface area contributed by atoms with E-state index in [1.54, 1.807) is 0 Å². The number of carbonyl (C=O) groups excluding carboxylic acids is 2. The second kappa shape index (κ2) is 7.89. The standard InChI is InChI=1S/C16H22FN3O2/c1-11(21)20-15-9-13(4-5-14(15)17)16(22)19-8-6-12-3-2-7-18-10-12/h4-5,9,12,18H,2-3,6-8,10H2,1H3,(H,19,22)(H,20,21). The van der Waals surface area contributed by atoms with Crippen molar-refractivity contribution in [2.75, 3.05) is 25.0 Å². The lowest BCUT2D eigenvalue weighted by Crippen LogP contribution is -2.33. The lowest BCUT2D eigenvalue weighted by molar-refractivity contribution is -0.114. The van der Waals surface area contributed by atoms with Crippen LogP contribution in [-0.4, -0.2) is 31.4 Å². The molecule has 2 rings (SSSR count). The molecule has 1 aromatic carbocycles. The molecule has 5 nitrogen and oxygen atoms in total. The lowest BCUT2D eigenvalue weighted by Gasteiger charge is -2.22. The Hall–Kier alpha value is -1.95. The molecule has 1 saturated heterocycles. The molecule has 1 fully saturated rings. The SMILES string of the molecule is CC(=O)Nc1cc(C(=O)NCCC2CCCNC2)ccc1F. The average Bonchev–Trinajstić information content (AvgIpc) is 2.50. The highest BCUT2D eigenvalue weighted by Crippen LogP contribution is 2.17. The van der Waals surface area contributed by atoms with E-state index in [4.69, 9.17) is 0 Å². The van der Waals surface area contributed by atoms with E-state index in [1.807, 2.05) is 0 Å². The maximum atomic E-state index is 13.5. The summed E-state index contributed by atoms with van der Waals surface area (Å²) in [6.07, 6.45) is 3.29. The number of hydrogen-bond acceptors (Lipinski definition) is 3. The van der Waals surface area contributed by atoms with E-state index >= 15 is 0 Å². The van der Waals surface area contributed by atoms with Crippen LogP contribution in [-0.2, 0) is 4.79 Å². The van der Waals surface area contributed by atoms with Crippen molar-refractivity contribution in [2.45, 2.75) is 26.2 Å². The Bertz CT molecular complexity index is 542. The first-order valence-electron chi connectivity index (χ1n) is 7.62. The maximum Gasteiger partial charge on any atom is 0.251 e. The fraction of sp³-hybridized carbons (Fsp3) is 0.500. The molecule has 0 bridgehead atoms. The van der Waals surface area contributed by atoms with Crippen molar-refractivity contribution in [3.05, 3.63) is 29.6 Å². The van der Waals surface area contributed by atoms with Crippen molar-refractivity contribution in [2.24, 2.45) is 5.92 Å². The number of amides is 2. The fourth-order valence-electron chi connectivity index (χ4n) is 2.61. The first-order chi connectivity index (χ1) is 10.6. The molecule has 1 unspecified atom stereocenters. The summed E-state index contributed by atoms with van der Waals surface area (Å²) in [6, 6.07) is 3.96. The summed E-state index contributed by atoms with van der Waals surface area (Å²) in [7, 11) is 0. The zero-order valence-electron chi connectivity index (χ0n) is 12.7. The van der Waals surface area contributed by atoms with Crippen LogP contribution >= 0.6 is 0 Å². The van der Waals surface area contributed by atoms with Crippen molar-refractivity contribution in [3.63, 3.8) is 0 Å². The van der Waals surface area contributed by atoms with Gasteiger partial charge >= 0.3 is 0 Å². The summed E-state index contributed by atoms with van der Waals surface area (Å²) >= 11 is 0. The Morgan fingerprint density at radius 1 is 1.41 bits per heavy atom. The van der Waals surface area contributed by atoms with E-state index in [-0.39, 0.29) is 17.5 Å². The van der Waals surface area contributed by atoms with Crippen molar-refractivity contribution >= 4 is 17.5 Å². The van der Waals surface area contributed by atoms with Gasteiger partial charge in [0.1, 0.15) is 5.82 Å². The minimum absolute atomic E-state index is 0.0247. The Morgan fingerprint density at radius 3 is 2.91 bits per heavy atom. The van der Waals surface area contributed by atoms with Gasteiger partial charge in [-0.1, -0.05) is 0 Å². The van der Waals surface area contributed by atoms with Crippen LogP contribution in [0.3, 0.4) is 0 Å². The number of carbonyl (C=O) groups is 2. The molecule has 0 aliphatic carbocycles. The van der Waals surface area contributed by atoms with Crippen LogP contribution in [0.5, 0.6) is 0 Å². The number of anilines is 1. The topological polar surface area (TPSA) is 70.2 Å². The smallest absolute Gasteiger partial charge is 0.251 e. The van der Waals surface area contributed by atoms with Gasteiger partial charge in [-0.15, -0.1) is 0 Å². The molecule has 22 heavy (non-hydrogen) atoms. The molecule has 0 radical (unpaired) electrons. The molecule has 0 aromatic heterocycles. The van der Waals surface area contributed by atoms with Crippen LogP contribution in [0.2, 0.25) is 0 Å². The van der Waals surface area contributed by atoms with E-state index in [0.29, 0.717) is 18.0 Å². The largest absolute Gasteiger partial charge is 0.352 e. The van der Waals surface area contributed by atoms with Gasteiger partial charge in [-0.25, -0.2) is 4.39 Å². The Balaban J connectivity index is 1.87. The molecule has 1 aromatic rings. The van der Waals surface area contributed by atoms with Crippen LogP contribution in [0.1, 0.15) is 36.5 Å². The summed E-state index contributed by atoms with van der Waals surface area (Å²) in [5.74, 6) is -0.589. The third kappa shape index (κ3) is 4.80. The molecule has 1 heterocycles. The van der Waals surface area contributed by atoms with Gasteiger partial charge in [0.05, 0.1) is 5.69 Å². The summed E-state index contributed by atoms with van der Waals surface area (Å²) in [6.45, 7) is 3.96. The minimum atomic E-state index is -0.556. The monoisotopic (exact) mass is 307 g/mol. The van der Waals surface area contributed by atoms with Gasteiger partial charge in [0.2, 0.25) is 5.91 Å². The first-order valence-corrected chi connectivity index (χ1v) is 7.62. The molecule has 120 valence electrons. The predicted octanol–water partition coefficient (Wildman–Crippen LogP) is 1.90. The quantitative estimate of drug-likeness (QED) is 0.778. The zero-order chi connectivity index (χ0) is 15.9. The molecule has 2 amide bonds. The van der Waals surface area contributed by atoms with Crippen LogP contribution < -0.4 is 16.0 Å². The van der Waals surface area contributed by atoms with E-state index in [1.165, 1.54) is 38.0 Å². The number of rotatable bonds is 5. The van der Waals surface area contributed by atoms with E-state index in [2.05, 4.69) is 16.0 Å². The number of benzene rings is 1. The van der Waals surface area contributed by atoms with Crippen molar-refractivity contribution in [1.29, 1.82) is 0 Å². The molecule has 1 aliphatic heterocycles. The number of nitrogens with one attached hydrogen (secondary N) is 3. The van der Waals surface area contributed by atoms with Gasteiger partial charge in [-0.05, 0) is 56.5 Å². The zero-order valence-corrected chi connectivity index (χ0v) is 12.7. The van der Waals surface area contributed by atoms with E-state index < -0.39 is 5.82 Å². The normalized spacial score (nSPS) is 17.8. The Kier molecular flexibility index (Phi) is 5.89. The first kappa shape index (κ1) is 16.4. The highest BCUT2D eigenvalue weighted by molar-refractivity contribution is 5.96. The van der Waals surface area contributed by atoms with Gasteiger partial charge in [0.15, 0.2) is 0 Å². The maximum absolute atomic E-state index is 13.5. The number of hydrogen-bond donors (Lipinski definition) is 3. The second-order valence-corrected chi connectivity index (χ2v) is 5.63. The van der Waals surface area contributed by atoms with Crippen molar-refractivity contribution < 1.29 is 14.0 Å². The van der Waals surface area contributed by atoms with Crippen LogP contribution in [0.25, 0.3) is 0 Å². The fourth-order valence-corrected chi connectivity index (χ4v) is 2.61. The molecule has 0 spiro atoms. The molecule has 1 aliphatic rings. The van der Waals surface area contributed by atoms with Gasteiger partial charge < -0.3 is 16.0 Å². The lowest BCUT2D eigenvalue weighted by atomic mass is 9.96. The predicted molar refractivity (Wildman–Crippen MR) is 83.2 cm³/mol. The van der Waals surface area contributed by atoms with Gasteiger partial charge in [-0.2, -0.15) is 0 Å². The Labute approximate surface area is 129 Å². The van der Waals surface area contributed by atoms with Crippen LogP contribution in [0, 0.1) is 11.7 Å². The van der Waals surface area contributed by atoms with E-state index in [9.17, 15) is 14.0 Å². The number of halogens is 1. The molecular weight excluding hydrogens is 285 g/mol. The van der Waals surface area contributed by atoms with Crippen LogP contribution in [0.15, 0.2) is 18.2 Å². The highest BCUT2D eigenvalue weighted by atomic mass is 19.1.